The van der Waals surface area contributed by atoms with Gasteiger partial charge < -0.3 is 10.6 Å². The molecule has 0 aliphatic carbocycles. The molecule has 0 unspecified atom stereocenters. The van der Waals surface area contributed by atoms with E-state index >= 15 is 0 Å². The zero-order valence-electron chi connectivity index (χ0n) is 6.00. The van der Waals surface area contributed by atoms with Gasteiger partial charge in [-0.05, 0) is 6.42 Å². The Hall–Kier alpha value is -1.06. The number of hydrogen-bond donors (Lipinski definition) is 1. The SMILES string of the molecule is CN1CCC/C1=N\C(N)=O. The first-order valence-electron chi connectivity index (χ1n) is 3.28. The number of amidine groups is 1. The molecule has 0 bridgehead atoms. The van der Waals surface area contributed by atoms with Crippen LogP contribution in [0.2, 0.25) is 0 Å². The number of carbonyl (C=O) groups is 1. The third-order valence-electron chi connectivity index (χ3n) is 1.57. The van der Waals surface area contributed by atoms with Gasteiger partial charge in [0, 0.05) is 20.0 Å². The summed E-state index contributed by atoms with van der Waals surface area (Å²) in [7, 11) is 1.91. The van der Waals surface area contributed by atoms with Crippen LogP contribution < -0.4 is 5.73 Å². The van der Waals surface area contributed by atoms with Crippen LogP contribution in [0, 0.1) is 0 Å². The molecule has 4 nitrogen and oxygen atoms in total. The summed E-state index contributed by atoms with van der Waals surface area (Å²) in [5, 5.41) is 0. The molecule has 10 heavy (non-hydrogen) atoms. The van der Waals surface area contributed by atoms with Crippen molar-refractivity contribution in [1.82, 2.24) is 4.90 Å². The van der Waals surface area contributed by atoms with Gasteiger partial charge in [0.15, 0.2) is 0 Å². The highest BCUT2D eigenvalue weighted by atomic mass is 16.2. The first-order chi connectivity index (χ1) is 4.70. The molecule has 0 aromatic rings. The molecule has 0 saturated carbocycles. The normalized spacial score (nSPS) is 22.1. The van der Waals surface area contributed by atoms with Crippen molar-refractivity contribution in [3.05, 3.63) is 0 Å². The molecule has 2 amide bonds. The van der Waals surface area contributed by atoms with Crippen molar-refractivity contribution in [2.24, 2.45) is 10.7 Å². The molecule has 1 aliphatic rings. The van der Waals surface area contributed by atoms with E-state index in [1.165, 1.54) is 0 Å². The average molecular weight is 141 g/mol. The molecular formula is C6H11N3O. The minimum Gasteiger partial charge on any atom is -0.363 e. The fourth-order valence-electron chi connectivity index (χ4n) is 1.06. The second-order valence-electron chi connectivity index (χ2n) is 2.39. The van der Waals surface area contributed by atoms with Gasteiger partial charge in [-0.1, -0.05) is 0 Å². The smallest absolute Gasteiger partial charge is 0.339 e. The van der Waals surface area contributed by atoms with E-state index in [0.717, 1.165) is 25.2 Å². The summed E-state index contributed by atoms with van der Waals surface area (Å²) in [6.07, 6.45) is 1.95. The summed E-state index contributed by atoms with van der Waals surface area (Å²) < 4.78 is 0. The lowest BCUT2D eigenvalue weighted by molar-refractivity contribution is 0.256. The van der Waals surface area contributed by atoms with Gasteiger partial charge in [-0.2, -0.15) is 4.99 Å². The van der Waals surface area contributed by atoms with Gasteiger partial charge in [-0.3, -0.25) is 0 Å². The molecule has 56 valence electrons. The molecule has 0 radical (unpaired) electrons. The lowest BCUT2D eigenvalue weighted by atomic mass is 10.4. The Morgan fingerprint density at radius 2 is 2.50 bits per heavy atom. The Balaban J connectivity index is 2.62. The average Bonchev–Trinajstić information content (AvgIpc) is 2.15. The second kappa shape index (κ2) is 2.68. The molecule has 2 N–H and O–H groups in total. The van der Waals surface area contributed by atoms with E-state index in [2.05, 4.69) is 4.99 Å². The summed E-state index contributed by atoms with van der Waals surface area (Å²) in [6.45, 7) is 0.978. The number of nitrogens with zero attached hydrogens (tertiary/aromatic N) is 2. The van der Waals surface area contributed by atoms with Crippen LogP contribution in [0.4, 0.5) is 4.79 Å². The van der Waals surface area contributed by atoms with E-state index in [-0.39, 0.29) is 0 Å². The summed E-state index contributed by atoms with van der Waals surface area (Å²) in [4.78, 5) is 15.9. The summed E-state index contributed by atoms with van der Waals surface area (Å²) >= 11 is 0. The number of aliphatic imine (C=N–C) groups is 1. The zero-order valence-corrected chi connectivity index (χ0v) is 6.00. The molecular weight excluding hydrogens is 130 g/mol. The first kappa shape index (κ1) is 7.05. The van der Waals surface area contributed by atoms with Crippen LogP contribution in [0.3, 0.4) is 0 Å². The van der Waals surface area contributed by atoms with Gasteiger partial charge in [0.05, 0.1) is 0 Å². The molecule has 0 aromatic heterocycles. The van der Waals surface area contributed by atoms with Crippen LogP contribution in [0.25, 0.3) is 0 Å². The molecule has 0 spiro atoms. The zero-order chi connectivity index (χ0) is 7.56. The van der Waals surface area contributed by atoms with E-state index in [1.54, 1.807) is 0 Å². The molecule has 0 atom stereocenters. The Kier molecular flexibility index (Phi) is 1.89. The van der Waals surface area contributed by atoms with Gasteiger partial charge in [0.1, 0.15) is 5.84 Å². The summed E-state index contributed by atoms with van der Waals surface area (Å²) in [5.41, 5.74) is 4.88. The van der Waals surface area contributed by atoms with Gasteiger partial charge in [0.25, 0.3) is 0 Å². The Morgan fingerprint density at radius 1 is 1.80 bits per heavy atom. The quantitative estimate of drug-likeness (QED) is 0.523. The highest BCUT2D eigenvalue weighted by molar-refractivity contribution is 5.93. The maximum absolute atomic E-state index is 10.3. The second-order valence-corrected chi connectivity index (χ2v) is 2.39. The van der Waals surface area contributed by atoms with E-state index in [1.807, 2.05) is 11.9 Å². The standard InChI is InChI=1S/C6H11N3O/c1-9-4-2-3-5(9)8-6(7)10/h2-4H2,1H3,(H2,7,10)/b8-5+. The molecule has 1 fully saturated rings. The van der Waals surface area contributed by atoms with Crippen molar-refractivity contribution in [3.8, 4) is 0 Å². The third-order valence-corrected chi connectivity index (χ3v) is 1.57. The number of primary amides is 1. The number of urea groups is 1. The highest BCUT2D eigenvalue weighted by Crippen LogP contribution is 2.07. The Labute approximate surface area is 59.7 Å². The predicted molar refractivity (Wildman–Crippen MR) is 38.9 cm³/mol. The lowest BCUT2D eigenvalue weighted by Gasteiger charge is -2.08. The number of likely N-dealkylation sites (tertiary alicyclic amines) is 1. The third kappa shape index (κ3) is 1.46. The minimum atomic E-state index is -0.594. The molecule has 0 aromatic carbocycles. The van der Waals surface area contributed by atoms with Crippen molar-refractivity contribution in [2.45, 2.75) is 12.8 Å². The van der Waals surface area contributed by atoms with Gasteiger partial charge in [0.2, 0.25) is 0 Å². The van der Waals surface area contributed by atoms with Crippen LogP contribution in [-0.4, -0.2) is 30.4 Å². The number of nitrogens with two attached hydrogens (primary N) is 1. The predicted octanol–water partition coefficient (Wildman–Crippen LogP) is 0.189. The maximum atomic E-state index is 10.3. The van der Waals surface area contributed by atoms with Crippen LogP contribution in [0.15, 0.2) is 4.99 Å². The fourth-order valence-corrected chi connectivity index (χ4v) is 1.06. The number of hydrogen-bond acceptors (Lipinski definition) is 1. The molecule has 1 rings (SSSR count). The van der Waals surface area contributed by atoms with Crippen molar-refractivity contribution in [1.29, 1.82) is 0 Å². The van der Waals surface area contributed by atoms with Crippen molar-refractivity contribution >= 4 is 11.9 Å². The van der Waals surface area contributed by atoms with E-state index in [9.17, 15) is 4.79 Å². The largest absolute Gasteiger partial charge is 0.363 e. The molecule has 1 aliphatic heterocycles. The van der Waals surface area contributed by atoms with Crippen LogP contribution in [0.1, 0.15) is 12.8 Å². The van der Waals surface area contributed by atoms with Crippen LogP contribution in [-0.2, 0) is 0 Å². The van der Waals surface area contributed by atoms with Crippen molar-refractivity contribution in [3.63, 3.8) is 0 Å². The van der Waals surface area contributed by atoms with E-state index in [0.29, 0.717) is 0 Å². The Bertz CT molecular complexity index is 176. The monoisotopic (exact) mass is 141 g/mol. The number of carbonyl (C=O) groups excluding carboxylic acids is 1. The molecule has 1 saturated heterocycles. The Morgan fingerprint density at radius 3 is 2.90 bits per heavy atom. The lowest BCUT2D eigenvalue weighted by Crippen LogP contribution is -2.21. The first-order valence-corrected chi connectivity index (χ1v) is 3.28. The maximum Gasteiger partial charge on any atom is 0.339 e. The number of amides is 2. The van der Waals surface area contributed by atoms with Gasteiger partial charge in [-0.15, -0.1) is 0 Å². The molecule has 1 heterocycles. The van der Waals surface area contributed by atoms with Crippen LogP contribution in [0.5, 0.6) is 0 Å². The van der Waals surface area contributed by atoms with Crippen molar-refractivity contribution in [2.75, 3.05) is 13.6 Å². The number of rotatable bonds is 0. The van der Waals surface area contributed by atoms with Crippen LogP contribution >= 0.6 is 0 Å². The minimum absolute atomic E-state index is 0.594. The van der Waals surface area contributed by atoms with Crippen molar-refractivity contribution < 1.29 is 4.79 Å². The highest BCUT2D eigenvalue weighted by Gasteiger charge is 2.14. The molecule has 4 heteroatoms. The van der Waals surface area contributed by atoms with Gasteiger partial charge in [-0.25, -0.2) is 4.79 Å². The van der Waals surface area contributed by atoms with Gasteiger partial charge >= 0.3 is 6.03 Å². The van der Waals surface area contributed by atoms with E-state index < -0.39 is 6.03 Å². The summed E-state index contributed by atoms with van der Waals surface area (Å²) in [6, 6.07) is -0.594. The fraction of sp³-hybridized carbons (Fsp3) is 0.667. The topological polar surface area (TPSA) is 58.7 Å². The van der Waals surface area contributed by atoms with E-state index in [4.69, 9.17) is 5.73 Å². The summed E-state index contributed by atoms with van der Waals surface area (Å²) in [5.74, 6) is 0.813.